The van der Waals surface area contributed by atoms with Crippen LogP contribution in [0.2, 0.25) is 0 Å². The van der Waals surface area contributed by atoms with Gasteiger partial charge in [0, 0.05) is 41.7 Å². The fourth-order valence-electron chi connectivity index (χ4n) is 6.06. The molecule has 0 bridgehead atoms. The minimum absolute atomic E-state index is 0.00391. The largest absolute Gasteiger partial charge is 0.508 e. The van der Waals surface area contributed by atoms with Crippen molar-refractivity contribution in [1.29, 1.82) is 0 Å². The molecule has 4 aromatic carbocycles. The number of aldehydes is 3. The van der Waals surface area contributed by atoms with Crippen LogP contribution in [0.5, 0.6) is 34.5 Å². The number of benzene rings is 4. The van der Waals surface area contributed by atoms with Crippen molar-refractivity contribution in [2.45, 2.75) is 19.0 Å². The van der Waals surface area contributed by atoms with Crippen molar-refractivity contribution in [1.82, 2.24) is 9.80 Å². The lowest BCUT2D eigenvalue weighted by atomic mass is 10.1. The maximum atomic E-state index is 13.0. The number of nitrogens with zero attached hydrogens (tertiary/aromatic N) is 2. The van der Waals surface area contributed by atoms with Gasteiger partial charge in [0.25, 0.3) is 11.8 Å². The average Bonchev–Trinajstić information content (AvgIpc) is 3.20. The van der Waals surface area contributed by atoms with Crippen LogP contribution in [-0.4, -0.2) is 122 Å². The van der Waals surface area contributed by atoms with Crippen LogP contribution in [0.3, 0.4) is 0 Å². The van der Waals surface area contributed by atoms with E-state index in [9.17, 15) is 44.4 Å². The first-order valence-corrected chi connectivity index (χ1v) is 19.5. The minimum Gasteiger partial charge on any atom is -0.508 e. The lowest BCUT2D eigenvalue weighted by Gasteiger charge is -2.35. The topological polar surface area (TPSA) is 191 Å². The van der Waals surface area contributed by atoms with Gasteiger partial charge in [-0.3, -0.25) is 24.0 Å². The molecule has 13 nitrogen and oxygen atoms in total. The first-order valence-electron chi connectivity index (χ1n) is 17.2. The number of aromatic hydroxyl groups is 4. The monoisotopic (exact) mass is 788 g/mol. The first kappa shape index (κ1) is 40.5. The molecule has 2 atom stereocenters. The lowest BCUT2D eigenvalue weighted by molar-refractivity contribution is 0.0639. The summed E-state index contributed by atoms with van der Waals surface area (Å²) in [5.41, 5.74) is 0.995. The van der Waals surface area contributed by atoms with Crippen molar-refractivity contribution in [3.05, 3.63) is 106 Å². The van der Waals surface area contributed by atoms with Gasteiger partial charge in [0.15, 0.2) is 18.9 Å². The van der Waals surface area contributed by atoms with Gasteiger partial charge in [-0.15, -0.1) is 0 Å². The number of carbonyl (C=O) groups excluding carboxylic acids is 5. The molecule has 0 aromatic heterocycles. The molecule has 0 aliphatic carbocycles. The van der Waals surface area contributed by atoms with Gasteiger partial charge in [0.1, 0.15) is 47.7 Å². The summed E-state index contributed by atoms with van der Waals surface area (Å²) in [4.78, 5) is 63.2. The third-order valence-electron chi connectivity index (χ3n) is 9.12. The molecule has 4 N–H and O–H groups in total. The SMILES string of the molecule is Cc1c(O)cccc1OC[C@H]1CSCCN1C(=O)c1cccc(O)c1C=O.O=Cc1c(O)cccc1OC[C@@H]1CSCCN1C(=O)c1cccc(O)c1C=O. The lowest BCUT2D eigenvalue weighted by Crippen LogP contribution is -2.49. The van der Waals surface area contributed by atoms with E-state index in [4.69, 9.17) is 9.47 Å². The van der Waals surface area contributed by atoms with Gasteiger partial charge in [0.05, 0.1) is 39.9 Å². The molecule has 0 unspecified atom stereocenters. The molecule has 2 aliphatic rings. The van der Waals surface area contributed by atoms with E-state index in [0.717, 1.165) is 11.5 Å². The average molecular weight is 789 g/mol. The molecule has 2 fully saturated rings. The van der Waals surface area contributed by atoms with E-state index in [-0.39, 0.29) is 93.7 Å². The van der Waals surface area contributed by atoms with E-state index >= 15 is 0 Å². The number of hydrogen-bond donors (Lipinski definition) is 4. The fourth-order valence-corrected chi connectivity index (χ4v) is 8.15. The van der Waals surface area contributed by atoms with E-state index in [1.54, 1.807) is 82.7 Å². The molecule has 0 radical (unpaired) electrons. The highest BCUT2D eigenvalue weighted by Gasteiger charge is 2.32. The van der Waals surface area contributed by atoms with Crippen LogP contribution >= 0.6 is 23.5 Å². The fraction of sp³-hybridized carbons (Fsp3) is 0.275. The normalized spacial score (nSPS) is 16.6. The Morgan fingerprint density at radius 1 is 0.618 bits per heavy atom. The van der Waals surface area contributed by atoms with Crippen LogP contribution in [0, 0.1) is 6.92 Å². The van der Waals surface area contributed by atoms with Crippen LogP contribution in [0.1, 0.15) is 57.4 Å². The Morgan fingerprint density at radius 2 is 1.02 bits per heavy atom. The molecule has 288 valence electrons. The third-order valence-corrected chi connectivity index (χ3v) is 11.3. The van der Waals surface area contributed by atoms with E-state index in [1.165, 1.54) is 30.3 Å². The van der Waals surface area contributed by atoms with Crippen LogP contribution in [0.4, 0.5) is 0 Å². The number of phenolic OH excluding ortho intramolecular Hbond substituents is 4. The standard InChI is InChI=1S/C20H19NO6S.C20H21NO5S/c22-9-15-14(3-1-4-17(15)24)20(26)21-7-8-28-12-13(21)11-27-19-6-2-5-18(25)16(19)10-23;1-13-17(23)5-3-7-19(13)26-11-14-12-27-9-8-21(14)20(25)15-4-2-6-18(24)16(15)10-22/h1-6,9-10,13,24-25H,7-8,11-12H2;2-7,10,14,23-24H,8-9,11-12H2,1H3/t13-;14-/m10/s1. The molecule has 2 saturated heterocycles. The zero-order chi connectivity index (χ0) is 39.5. The minimum atomic E-state index is -0.363. The molecule has 2 amide bonds. The molecule has 2 heterocycles. The molecule has 2 aliphatic heterocycles. The van der Waals surface area contributed by atoms with Crippen molar-refractivity contribution in [2.75, 3.05) is 49.3 Å². The summed E-state index contributed by atoms with van der Waals surface area (Å²) in [6, 6.07) is 18.0. The Bertz CT molecular complexity index is 2040. The highest BCUT2D eigenvalue weighted by Crippen LogP contribution is 2.30. The van der Waals surface area contributed by atoms with Crippen LogP contribution in [-0.2, 0) is 0 Å². The number of phenols is 4. The third kappa shape index (κ3) is 9.53. The van der Waals surface area contributed by atoms with Crippen molar-refractivity contribution in [2.24, 2.45) is 0 Å². The van der Waals surface area contributed by atoms with Crippen molar-refractivity contribution < 1.29 is 53.9 Å². The van der Waals surface area contributed by atoms with E-state index in [2.05, 4.69) is 0 Å². The Balaban J connectivity index is 0.000000211. The molecule has 55 heavy (non-hydrogen) atoms. The molecule has 15 heteroatoms. The van der Waals surface area contributed by atoms with Crippen molar-refractivity contribution in [3.8, 4) is 34.5 Å². The number of amides is 2. The first-order chi connectivity index (χ1) is 26.6. The van der Waals surface area contributed by atoms with Crippen LogP contribution < -0.4 is 9.47 Å². The van der Waals surface area contributed by atoms with Gasteiger partial charge in [-0.1, -0.05) is 24.3 Å². The Hall–Kier alpha value is -5.67. The van der Waals surface area contributed by atoms with Crippen molar-refractivity contribution in [3.63, 3.8) is 0 Å². The summed E-state index contributed by atoms with van der Waals surface area (Å²) in [5, 5.41) is 39.3. The molecule has 4 aromatic rings. The second-order valence-corrected chi connectivity index (χ2v) is 14.8. The van der Waals surface area contributed by atoms with Crippen LogP contribution in [0.15, 0.2) is 72.8 Å². The number of carbonyl (C=O) groups is 5. The Kier molecular flexibility index (Phi) is 14.1. The number of hydrogen-bond acceptors (Lipinski definition) is 13. The summed E-state index contributed by atoms with van der Waals surface area (Å²) in [7, 11) is 0. The quantitative estimate of drug-likeness (QED) is 0.145. The molecule has 6 rings (SSSR count). The summed E-state index contributed by atoms with van der Waals surface area (Å²) in [5.74, 6) is 2.56. The maximum absolute atomic E-state index is 13.0. The van der Waals surface area contributed by atoms with Crippen molar-refractivity contribution >= 4 is 54.2 Å². The zero-order valence-electron chi connectivity index (χ0n) is 29.8. The summed E-state index contributed by atoms with van der Waals surface area (Å²) >= 11 is 3.40. The highest BCUT2D eigenvalue weighted by atomic mass is 32.2. The van der Waals surface area contributed by atoms with E-state index in [0.29, 0.717) is 54.8 Å². The highest BCUT2D eigenvalue weighted by molar-refractivity contribution is 7.99. The number of ether oxygens (including phenoxy) is 2. The Morgan fingerprint density at radius 3 is 1.49 bits per heavy atom. The van der Waals surface area contributed by atoms with Gasteiger partial charge in [0.2, 0.25) is 0 Å². The number of thioether (sulfide) groups is 2. The van der Waals surface area contributed by atoms with E-state index in [1.807, 2.05) is 0 Å². The van der Waals surface area contributed by atoms with E-state index < -0.39 is 0 Å². The van der Waals surface area contributed by atoms with Gasteiger partial charge >= 0.3 is 0 Å². The summed E-state index contributed by atoms with van der Waals surface area (Å²) in [6.07, 6.45) is 1.49. The van der Waals surface area contributed by atoms with Gasteiger partial charge in [-0.25, -0.2) is 0 Å². The van der Waals surface area contributed by atoms with Crippen LogP contribution in [0.25, 0.3) is 0 Å². The van der Waals surface area contributed by atoms with Gasteiger partial charge in [-0.2, -0.15) is 23.5 Å². The molecule has 0 spiro atoms. The molecular weight excluding hydrogens is 749 g/mol. The summed E-state index contributed by atoms with van der Waals surface area (Å²) in [6.45, 7) is 3.17. The molecular formula is C40H40N2O11S2. The second kappa shape index (κ2) is 19.1. The predicted molar refractivity (Wildman–Crippen MR) is 209 cm³/mol. The van der Waals surface area contributed by atoms with Gasteiger partial charge in [-0.05, 0) is 55.5 Å². The maximum Gasteiger partial charge on any atom is 0.255 e. The second-order valence-electron chi connectivity index (χ2n) is 12.5. The molecule has 0 saturated carbocycles. The predicted octanol–water partition coefficient (Wildman–Crippen LogP) is 5.21. The van der Waals surface area contributed by atoms with Gasteiger partial charge < -0.3 is 39.7 Å². The summed E-state index contributed by atoms with van der Waals surface area (Å²) < 4.78 is 11.6. The Labute approximate surface area is 325 Å². The zero-order valence-corrected chi connectivity index (χ0v) is 31.5. The number of rotatable bonds is 11. The smallest absolute Gasteiger partial charge is 0.255 e.